The molecule has 0 aliphatic heterocycles. The molecule has 19 heavy (non-hydrogen) atoms. The fourth-order valence-electron chi connectivity index (χ4n) is 1.97. The van der Waals surface area contributed by atoms with Crippen molar-refractivity contribution in [3.8, 4) is 5.75 Å². The van der Waals surface area contributed by atoms with E-state index in [1.807, 2.05) is 23.5 Å². The maximum Gasteiger partial charge on any atom is 0.121 e. The second kappa shape index (κ2) is 6.62. The molecule has 0 amide bonds. The Hall–Kier alpha value is -1.48. The number of hydrogen-bond donors (Lipinski definition) is 1. The van der Waals surface area contributed by atoms with Gasteiger partial charge >= 0.3 is 0 Å². The first-order valence-corrected chi connectivity index (χ1v) is 7.53. The topological polar surface area (TPSA) is 21.3 Å². The third-order valence-corrected chi connectivity index (χ3v) is 3.94. The zero-order valence-electron chi connectivity index (χ0n) is 11.8. The molecule has 0 saturated carbocycles. The number of aryl methyl sites for hydroxylation is 2. The van der Waals surface area contributed by atoms with E-state index in [9.17, 15) is 0 Å². The molecule has 0 radical (unpaired) electrons. The van der Waals surface area contributed by atoms with Crippen LogP contribution in [0.25, 0.3) is 0 Å². The summed E-state index contributed by atoms with van der Waals surface area (Å²) in [5.41, 5.74) is 2.49. The SMILES string of the molecule is CCCOc1cccc(NCc2cc(C)sc2C)c1. The predicted molar refractivity (Wildman–Crippen MR) is 83.3 cm³/mol. The second-order valence-electron chi connectivity index (χ2n) is 4.67. The Morgan fingerprint density at radius 2 is 2.05 bits per heavy atom. The van der Waals surface area contributed by atoms with E-state index in [1.54, 1.807) is 0 Å². The van der Waals surface area contributed by atoms with E-state index in [0.717, 1.165) is 31.0 Å². The van der Waals surface area contributed by atoms with Crippen LogP contribution in [0.5, 0.6) is 5.75 Å². The molecule has 102 valence electrons. The minimum Gasteiger partial charge on any atom is -0.494 e. The van der Waals surface area contributed by atoms with Gasteiger partial charge in [0.05, 0.1) is 6.61 Å². The summed E-state index contributed by atoms with van der Waals surface area (Å²) in [4.78, 5) is 2.76. The van der Waals surface area contributed by atoms with Crippen molar-refractivity contribution in [2.45, 2.75) is 33.7 Å². The molecule has 1 aromatic heterocycles. The van der Waals surface area contributed by atoms with E-state index in [0.29, 0.717) is 0 Å². The molecule has 1 heterocycles. The highest BCUT2D eigenvalue weighted by Gasteiger charge is 2.03. The molecule has 0 aliphatic carbocycles. The van der Waals surface area contributed by atoms with E-state index >= 15 is 0 Å². The van der Waals surface area contributed by atoms with E-state index in [1.165, 1.54) is 15.3 Å². The highest BCUT2D eigenvalue weighted by atomic mass is 32.1. The number of benzene rings is 1. The summed E-state index contributed by atoms with van der Waals surface area (Å²) in [7, 11) is 0. The van der Waals surface area contributed by atoms with Gasteiger partial charge in [0.2, 0.25) is 0 Å². The van der Waals surface area contributed by atoms with Gasteiger partial charge in [-0.15, -0.1) is 11.3 Å². The number of nitrogens with one attached hydrogen (secondary N) is 1. The molecule has 1 N–H and O–H groups in total. The molecule has 0 spiro atoms. The van der Waals surface area contributed by atoms with Gasteiger partial charge in [-0.2, -0.15) is 0 Å². The van der Waals surface area contributed by atoms with Gasteiger partial charge in [0.25, 0.3) is 0 Å². The molecule has 3 heteroatoms. The van der Waals surface area contributed by atoms with Crippen molar-refractivity contribution in [2.75, 3.05) is 11.9 Å². The minimum atomic E-state index is 0.770. The van der Waals surface area contributed by atoms with Gasteiger partial charge in [0, 0.05) is 28.1 Å². The van der Waals surface area contributed by atoms with E-state index < -0.39 is 0 Å². The third-order valence-electron chi connectivity index (χ3n) is 2.93. The van der Waals surface area contributed by atoms with E-state index in [4.69, 9.17) is 4.74 Å². The van der Waals surface area contributed by atoms with Crippen LogP contribution in [-0.4, -0.2) is 6.61 Å². The summed E-state index contributed by atoms with van der Waals surface area (Å²) in [6, 6.07) is 10.4. The average molecular weight is 275 g/mol. The van der Waals surface area contributed by atoms with Crippen molar-refractivity contribution in [3.63, 3.8) is 0 Å². The van der Waals surface area contributed by atoms with Crippen LogP contribution in [0, 0.1) is 13.8 Å². The lowest BCUT2D eigenvalue weighted by Gasteiger charge is -2.09. The Kier molecular flexibility index (Phi) is 4.86. The summed E-state index contributed by atoms with van der Waals surface area (Å²) in [5, 5.41) is 3.46. The third kappa shape index (κ3) is 4.00. The van der Waals surface area contributed by atoms with Crippen LogP contribution in [0.1, 0.15) is 28.7 Å². The Labute approximate surface area is 119 Å². The van der Waals surface area contributed by atoms with Crippen molar-refractivity contribution >= 4 is 17.0 Å². The molecule has 2 aromatic rings. The molecule has 0 fully saturated rings. The summed E-state index contributed by atoms with van der Waals surface area (Å²) in [5.74, 6) is 0.935. The van der Waals surface area contributed by atoms with Crippen LogP contribution in [0.4, 0.5) is 5.69 Å². The largest absolute Gasteiger partial charge is 0.494 e. The molecule has 0 bridgehead atoms. The number of thiophene rings is 1. The lowest BCUT2D eigenvalue weighted by atomic mass is 10.2. The summed E-state index contributed by atoms with van der Waals surface area (Å²) in [6.07, 6.45) is 1.03. The molecule has 1 aromatic carbocycles. The first-order chi connectivity index (χ1) is 9.19. The smallest absolute Gasteiger partial charge is 0.121 e. The average Bonchev–Trinajstić information content (AvgIpc) is 2.73. The molecule has 0 saturated heterocycles. The number of ether oxygens (including phenoxy) is 1. The zero-order chi connectivity index (χ0) is 13.7. The monoisotopic (exact) mass is 275 g/mol. The highest BCUT2D eigenvalue weighted by Crippen LogP contribution is 2.23. The van der Waals surface area contributed by atoms with Gasteiger partial charge < -0.3 is 10.1 Å². The number of anilines is 1. The maximum absolute atomic E-state index is 5.64. The number of hydrogen-bond acceptors (Lipinski definition) is 3. The van der Waals surface area contributed by atoms with Gasteiger partial charge in [-0.05, 0) is 44.0 Å². The van der Waals surface area contributed by atoms with Crippen LogP contribution in [-0.2, 0) is 6.54 Å². The Morgan fingerprint density at radius 1 is 1.21 bits per heavy atom. The second-order valence-corrected chi connectivity index (χ2v) is 6.13. The van der Waals surface area contributed by atoms with Crippen LogP contribution in [0.3, 0.4) is 0 Å². The zero-order valence-corrected chi connectivity index (χ0v) is 12.6. The first-order valence-electron chi connectivity index (χ1n) is 6.71. The maximum atomic E-state index is 5.64. The molecular formula is C16H21NOS. The molecular weight excluding hydrogens is 254 g/mol. The lowest BCUT2D eigenvalue weighted by molar-refractivity contribution is 0.317. The lowest BCUT2D eigenvalue weighted by Crippen LogP contribution is -2.00. The molecule has 0 atom stereocenters. The Bertz CT molecular complexity index is 533. The van der Waals surface area contributed by atoms with Gasteiger partial charge in [0.1, 0.15) is 5.75 Å². The summed E-state index contributed by atoms with van der Waals surface area (Å²) >= 11 is 1.85. The Morgan fingerprint density at radius 3 is 2.74 bits per heavy atom. The normalized spacial score (nSPS) is 10.5. The van der Waals surface area contributed by atoms with Crippen molar-refractivity contribution in [3.05, 3.63) is 45.6 Å². The van der Waals surface area contributed by atoms with Crippen molar-refractivity contribution < 1.29 is 4.74 Å². The number of rotatable bonds is 6. The summed E-state index contributed by atoms with van der Waals surface area (Å²) in [6.45, 7) is 8.08. The predicted octanol–water partition coefficient (Wildman–Crippen LogP) is 4.77. The van der Waals surface area contributed by atoms with Gasteiger partial charge in [0.15, 0.2) is 0 Å². The Balaban J connectivity index is 1.97. The fourth-order valence-corrected chi connectivity index (χ4v) is 2.92. The summed E-state index contributed by atoms with van der Waals surface area (Å²) < 4.78 is 5.64. The highest BCUT2D eigenvalue weighted by molar-refractivity contribution is 7.12. The fraction of sp³-hybridized carbons (Fsp3) is 0.375. The minimum absolute atomic E-state index is 0.770. The van der Waals surface area contributed by atoms with Crippen molar-refractivity contribution in [1.82, 2.24) is 0 Å². The van der Waals surface area contributed by atoms with Crippen LogP contribution in [0.2, 0.25) is 0 Å². The standard InChI is InChI=1S/C16H21NOS/c1-4-8-18-16-7-5-6-15(10-16)17-11-14-9-12(2)19-13(14)3/h5-7,9-10,17H,4,8,11H2,1-3H3. The van der Waals surface area contributed by atoms with Crippen molar-refractivity contribution in [2.24, 2.45) is 0 Å². The van der Waals surface area contributed by atoms with Crippen molar-refractivity contribution in [1.29, 1.82) is 0 Å². The first kappa shape index (κ1) is 13.9. The molecule has 2 rings (SSSR count). The van der Waals surface area contributed by atoms with Crippen LogP contribution in [0.15, 0.2) is 30.3 Å². The quantitative estimate of drug-likeness (QED) is 0.820. The molecule has 2 nitrogen and oxygen atoms in total. The van der Waals surface area contributed by atoms with Crippen LogP contribution < -0.4 is 10.1 Å². The van der Waals surface area contributed by atoms with E-state index in [-0.39, 0.29) is 0 Å². The van der Waals surface area contributed by atoms with Gasteiger partial charge in [-0.25, -0.2) is 0 Å². The molecule has 0 aliphatic rings. The van der Waals surface area contributed by atoms with E-state index in [2.05, 4.69) is 44.3 Å². The van der Waals surface area contributed by atoms with Gasteiger partial charge in [-0.3, -0.25) is 0 Å². The van der Waals surface area contributed by atoms with Gasteiger partial charge in [-0.1, -0.05) is 13.0 Å². The molecule has 0 unspecified atom stereocenters. The van der Waals surface area contributed by atoms with Crippen LogP contribution >= 0.6 is 11.3 Å².